The number of carboxylic acids is 2. The predicted octanol–water partition coefficient (Wildman–Crippen LogP) is 3.51. The van der Waals surface area contributed by atoms with Crippen molar-refractivity contribution in [2.24, 2.45) is 5.73 Å². The summed E-state index contributed by atoms with van der Waals surface area (Å²) in [4.78, 5) is 22.7. The first kappa shape index (κ1) is 25.8. The molecule has 148 valence electrons. The molecule has 0 aromatic carbocycles. The number of nitrogens with zero attached hydrogens (tertiary/aromatic N) is 1. The molecule has 6 nitrogen and oxygen atoms in total. The van der Waals surface area contributed by atoms with E-state index in [0.29, 0.717) is 12.8 Å². The van der Waals surface area contributed by atoms with Crippen molar-refractivity contribution in [3.05, 3.63) is 12.7 Å². The van der Waals surface area contributed by atoms with Crippen LogP contribution < -0.4 is 5.73 Å². The van der Waals surface area contributed by atoms with Gasteiger partial charge in [0, 0.05) is 12.5 Å². The van der Waals surface area contributed by atoms with Gasteiger partial charge in [-0.3, -0.25) is 14.5 Å². The number of allylic oxidation sites excluding steroid dienone is 1. The molecule has 0 amide bonds. The number of unbranched alkanes of at least 4 members (excludes halogenated alkanes) is 6. The van der Waals surface area contributed by atoms with Gasteiger partial charge in [0.05, 0.1) is 0 Å². The zero-order valence-electron chi connectivity index (χ0n) is 16.5. The summed E-state index contributed by atoms with van der Waals surface area (Å²) >= 11 is 0. The highest BCUT2D eigenvalue weighted by Gasteiger charge is 2.40. The summed E-state index contributed by atoms with van der Waals surface area (Å²) in [6, 6.07) is -0.343. The van der Waals surface area contributed by atoms with Gasteiger partial charge in [0.25, 0.3) is 0 Å². The van der Waals surface area contributed by atoms with E-state index in [9.17, 15) is 9.59 Å². The predicted molar refractivity (Wildman–Crippen MR) is 103 cm³/mol. The molecule has 6 heteroatoms. The SMILES string of the molecule is C=CCCCCCCCCC(=O)O.CCC(N)C(C)(C(=O)O)N(C)C. The molecule has 0 bridgehead atoms. The van der Waals surface area contributed by atoms with Crippen LogP contribution in [0, 0.1) is 0 Å². The molecular weight excluding hydrogens is 320 g/mol. The smallest absolute Gasteiger partial charge is 0.325 e. The number of carbonyl (C=O) groups is 2. The van der Waals surface area contributed by atoms with Crippen molar-refractivity contribution in [3.8, 4) is 0 Å². The summed E-state index contributed by atoms with van der Waals surface area (Å²) in [6.07, 6.45) is 10.8. The Morgan fingerprint density at radius 2 is 1.60 bits per heavy atom. The molecule has 0 rings (SSSR count). The summed E-state index contributed by atoms with van der Waals surface area (Å²) in [5.74, 6) is -1.55. The number of carboxylic acid groups (broad SMARTS) is 2. The molecule has 4 N–H and O–H groups in total. The average molecular weight is 359 g/mol. The Hall–Kier alpha value is -1.40. The minimum atomic E-state index is -0.964. The Balaban J connectivity index is 0. The summed E-state index contributed by atoms with van der Waals surface area (Å²) in [5, 5.41) is 17.4. The largest absolute Gasteiger partial charge is 0.481 e. The van der Waals surface area contributed by atoms with Gasteiger partial charge in [-0.1, -0.05) is 38.7 Å². The van der Waals surface area contributed by atoms with Gasteiger partial charge in [-0.2, -0.15) is 0 Å². The second-order valence-electron chi connectivity index (χ2n) is 6.70. The van der Waals surface area contributed by atoms with E-state index < -0.39 is 17.5 Å². The van der Waals surface area contributed by atoms with E-state index in [0.717, 1.165) is 19.3 Å². The molecule has 0 fully saturated rings. The lowest BCUT2D eigenvalue weighted by atomic mass is 9.90. The maximum atomic E-state index is 10.9. The van der Waals surface area contributed by atoms with Gasteiger partial charge in [-0.05, 0) is 46.7 Å². The highest BCUT2D eigenvalue weighted by molar-refractivity contribution is 5.79. The maximum absolute atomic E-state index is 10.9. The lowest BCUT2D eigenvalue weighted by molar-refractivity contribution is -0.150. The molecule has 0 spiro atoms. The Bertz CT molecular complexity index is 386. The van der Waals surface area contributed by atoms with Gasteiger partial charge in [0.15, 0.2) is 0 Å². The van der Waals surface area contributed by atoms with Gasteiger partial charge < -0.3 is 15.9 Å². The Morgan fingerprint density at radius 1 is 1.12 bits per heavy atom. The Kier molecular flexibility index (Phi) is 15.4. The highest BCUT2D eigenvalue weighted by atomic mass is 16.4. The third kappa shape index (κ3) is 11.7. The number of likely N-dealkylation sites (N-methyl/N-ethyl adjacent to an activating group) is 1. The van der Waals surface area contributed by atoms with Gasteiger partial charge in [-0.25, -0.2) is 0 Å². The van der Waals surface area contributed by atoms with E-state index in [-0.39, 0.29) is 6.04 Å². The molecular formula is C19H38N2O4. The van der Waals surface area contributed by atoms with Gasteiger partial charge >= 0.3 is 11.9 Å². The summed E-state index contributed by atoms with van der Waals surface area (Å²) in [5.41, 5.74) is 4.77. The number of rotatable bonds is 13. The van der Waals surface area contributed by atoms with Crippen molar-refractivity contribution in [2.45, 2.75) is 83.2 Å². The number of hydrogen-bond acceptors (Lipinski definition) is 4. The molecule has 0 saturated carbocycles. The number of hydrogen-bond donors (Lipinski definition) is 3. The van der Waals surface area contributed by atoms with Crippen LogP contribution in [0.15, 0.2) is 12.7 Å². The summed E-state index contributed by atoms with van der Waals surface area (Å²) in [7, 11) is 3.45. The van der Waals surface area contributed by atoms with E-state index in [1.54, 1.807) is 25.9 Å². The van der Waals surface area contributed by atoms with Crippen molar-refractivity contribution >= 4 is 11.9 Å². The molecule has 0 radical (unpaired) electrons. The Labute approximate surface area is 153 Å². The molecule has 0 saturated heterocycles. The third-order valence-corrected chi connectivity index (χ3v) is 4.57. The van der Waals surface area contributed by atoms with Crippen molar-refractivity contribution in [3.63, 3.8) is 0 Å². The number of nitrogens with two attached hydrogens (primary N) is 1. The highest BCUT2D eigenvalue weighted by Crippen LogP contribution is 2.17. The standard InChI is InChI=1S/C11H20O2.C8H18N2O2/c1-2-3-4-5-6-7-8-9-10-11(12)13;1-5-6(9)8(2,7(11)12)10(3)4/h2H,1,3-10H2,(H,12,13);6H,5,9H2,1-4H3,(H,11,12). The zero-order valence-corrected chi connectivity index (χ0v) is 16.5. The molecule has 0 aromatic heterocycles. The fourth-order valence-electron chi connectivity index (χ4n) is 2.35. The van der Waals surface area contributed by atoms with E-state index in [2.05, 4.69) is 6.58 Å². The van der Waals surface area contributed by atoms with Crippen LogP contribution in [0.4, 0.5) is 0 Å². The first-order valence-corrected chi connectivity index (χ1v) is 9.13. The first-order chi connectivity index (χ1) is 11.6. The van der Waals surface area contributed by atoms with Crippen molar-refractivity contribution in [1.82, 2.24) is 4.90 Å². The normalized spacial score (nSPS) is 14.2. The van der Waals surface area contributed by atoms with Crippen molar-refractivity contribution in [1.29, 1.82) is 0 Å². The molecule has 0 aliphatic carbocycles. The quantitative estimate of drug-likeness (QED) is 0.344. The van der Waals surface area contributed by atoms with Crippen LogP contribution in [0.3, 0.4) is 0 Å². The molecule has 0 aliphatic rings. The monoisotopic (exact) mass is 358 g/mol. The van der Waals surface area contributed by atoms with Gasteiger partial charge in [0.1, 0.15) is 5.54 Å². The van der Waals surface area contributed by atoms with Crippen LogP contribution in [0.5, 0.6) is 0 Å². The molecule has 0 aromatic rings. The summed E-state index contributed by atoms with van der Waals surface area (Å²) < 4.78 is 0. The van der Waals surface area contributed by atoms with E-state index >= 15 is 0 Å². The maximum Gasteiger partial charge on any atom is 0.325 e. The lowest BCUT2D eigenvalue weighted by Gasteiger charge is -2.36. The summed E-state index contributed by atoms with van der Waals surface area (Å²) in [6.45, 7) is 7.19. The van der Waals surface area contributed by atoms with Crippen molar-refractivity contribution in [2.75, 3.05) is 14.1 Å². The molecule has 2 unspecified atom stereocenters. The minimum absolute atomic E-state index is 0.326. The van der Waals surface area contributed by atoms with E-state index in [1.165, 1.54) is 25.7 Å². The Morgan fingerprint density at radius 3 is 1.92 bits per heavy atom. The van der Waals surface area contributed by atoms with Crippen LogP contribution >= 0.6 is 0 Å². The van der Waals surface area contributed by atoms with Crippen LogP contribution in [-0.2, 0) is 9.59 Å². The van der Waals surface area contributed by atoms with Crippen LogP contribution in [0.2, 0.25) is 0 Å². The lowest BCUT2D eigenvalue weighted by Crippen LogP contribution is -2.60. The zero-order chi connectivity index (χ0) is 19.9. The first-order valence-electron chi connectivity index (χ1n) is 9.13. The fraction of sp³-hybridized carbons (Fsp3) is 0.789. The van der Waals surface area contributed by atoms with Gasteiger partial charge in [0.2, 0.25) is 0 Å². The van der Waals surface area contributed by atoms with Crippen LogP contribution in [-0.4, -0.2) is 52.7 Å². The molecule has 25 heavy (non-hydrogen) atoms. The second kappa shape index (κ2) is 14.9. The minimum Gasteiger partial charge on any atom is -0.481 e. The van der Waals surface area contributed by atoms with E-state index in [1.807, 2.05) is 13.0 Å². The average Bonchev–Trinajstić information content (AvgIpc) is 2.55. The van der Waals surface area contributed by atoms with E-state index in [4.69, 9.17) is 15.9 Å². The molecule has 0 aliphatic heterocycles. The molecule has 2 atom stereocenters. The third-order valence-electron chi connectivity index (χ3n) is 4.57. The van der Waals surface area contributed by atoms with Crippen molar-refractivity contribution < 1.29 is 19.8 Å². The topological polar surface area (TPSA) is 104 Å². The fourth-order valence-corrected chi connectivity index (χ4v) is 2.35. The van der Waals surface area contributed by atoms with Crippen LogP contribution in [0.1, 0.15) is 71.6 Å². The van der Waals surface area contributed by atoms with Gasteiger partial charge in [-0.15, -0.1) is 6.58 Å². The number of aliphatic carboxylic acids is 2. The molecule has 0 heterocycles. The van der Waals surface area contributed by atoms with Crippen LogP contribution in [0.25, 0.3) is 0 Å². The second-order valence-corrected chi connectivity index (χ2v) is 6.70.